The van der Waals surface area contributed by atoms with Crippen molar-refractivity contribution in [1.82, 2.24) is 0 Å². The summed E-state index contributed by atoms with van der Waals surface area (Å²) in [5, 5.41) is 0. The van der Waals surface area contributed by atoms with Gasteiger partial charge < -0.3 is 34.2 Å². The fourth-order valence-electron chi connectivity index (χ4n) is 3.82. The Kier molecular flexibility index (Phi) is 11.9. The van der Waals surface area contributed by atoms with Crippen LogP contribution in [0.2, 0.25) is 22.2 Å². The van der Waals surface area contributed by atoms with Gasteiger partial charge in [0.25, 0.3) is 0 Å². The van der Waals surface area contributed by atoms with Gasteiger partial charge in [-0.15, -0.1) is 0 Å². The van der Waals surface area contributed by atoms with E-state index in [1.807, 2.05) is 0 Å². The van der Waals surface area contributed by atoms with Gasteiger partial charge in [-0.05, 0) is 25.7 Å². The van der Waals surface area contributed by atoms with E-state index in [9.17, 15) is 0 Å². The molecule has 0 saturated carbocycles. The van der Waals surface area contributed by atoms with Crippen LogP contribution in [-0.4, -0.2) is 63.7 Å². The fourth-order valence-corrected chi connectivity index (χ4v) is 25.0. The van der Waals surface area contributed by atoms with Gasteiger partial charge in [-0.3, -0.25) is 0 Å². The summed E-state index contributed by atoms with van der Waals surface area (Å²) >= 11 is 0. The van der Waals surface area contributed by atoms with Crippen molar-refractivity contribution in [1.29, 1.82) is 0 Å². The summed E-state index contributed by atoms with van der Waals surface area (Å²) in [7, 11) is -6.74. The molecule has 1 rings (SSSR count). The normalized spacial score (nSPS) is 37.9. The van der Waals surface area contributed by atoms with E-state index in [4.69, 9.17) is 34.2 Å². The van der Waals surface area contributed by atoms with E-state index in [0.717, 1.165) is 25.7 Å². The van der Waals surface area contributed by atoms with E-state index in [1.54, 1.807) is 28.4 Å². The molecule has 0 aromatic carbocycles. The molecule has 1 heterocycles. The predicted octanol–water partition coefficient (Wildman–Crippen LogP) is 5.61. The van der Waals surface area contributed by atoms with Crippen molar-refractivity contribution in [2.24, 2.45) is 0 Å². The second-order valence-electron chi connectivity index (χ2n) is 8.88. The minimum absolute atomic E-state index is 0.0113. The van der Waals surface area contributed by atoms with Crippen LogP contribution in [0.5, 0.6) is 0 Å². The second-order valence-corrected chi connectivity index (χ2v) is 22.5. The summed E-state index contributed by atoms with van der Waals surface area (Å²) in [6, 6.07) is 0. The maximum Gasteiger partial charge on any atom is 0.488 e. The smallest absolute Gasteiger partial charge is 0.378 e. The minimum Gasteiger partial charge on any atom is -0.378 e. The lowest BCUT2D eigenvalue weighted by Gasteiger charge is -2.53. The first-order chi connectivity index (χ1) is 15.0. The van der Waals surface area contributed by atoms with Crippen LogP contribution in [0.15, 0.2) is 0 Å². The molecule has 0 radical (unpaired) electrons. The summed E-state index contributed by atoms with van der Waals surface area (Å²) in [5.41, 5.74) is 0.0451. The molecule has 12 heteroatoms. The van der Waals surface area contributed by atoms with Gasteiger partial charge in [0, 0.05) is 50.6 Å². The number of hydrogen-bond donors (Lipinski definition) is 0. The van der Waals surface area contributed by atoms with Crippen LogP contribution in [0.25, 0.3) is 0 Å². The van der Waals surface area contributed by atoms with Gasteiger partial charge >= 0.3 is 35.2 Å². The molecule has 0 aromatic heterocycles. The van der Waals surface area contributed by atoms with Gasteiger partial charge in [-0.1, -0.05) is 55.4 Å². The SMILES string of the molecule is CCC(C)[Si]1(OC)O[Si](OC)(C(C)CC)O[Si](OC)(C(C)CC)O[Si](OC)(C(C)CC)O1. The number of rotatable bonds is 12. The summed E-state index contributed by atoms with van der Waals surface area (Å²) in [6.45, 7) is 16.8. The van der Waals surface area contributed by atoms with Crippen LogP contribution in [-0.2, 0) is 34.2 Å². The van der Waals surface area contributed by atoms with E-state index in [-0.39, 0.29) is 22.2 Å². The minimum atomic E-state index is -3.34. The average molecular weight is 529 g/mol. The first kappa shape index (κ1) is 30.6. The van der Waals surface area contributed by atoms with Crippen molar-refractivity contribution < 1.29 is 34.2 Å². The summed E-state index contributed by atoms with van der Waals surface area (Å²) < 4.78 is 52.7. The molecule has 0 amide bonds. The van der Waals surface area contributed by atoms with E-state index < -0.39 is 35.2 Å². The second kappa shape index (κ2) is 12.5. The molecule has 1 aliphatic rings. The standard InChI is InChI=1S/C20H48O8Si4/c1-13-17(5)29(21-9)25-30(22-10,18(6)14-2)27-32(24-12,20(8)16-4)28-31(23-11,26-29)19(7)15-3/h17-20H,13-16H2,1-12H3. The van der Waals surface area contributed by atoms with Gasteiger partial charge in [-0.25, -0.2) is 0 Å². The van der Waals surface area contributed by atoms with E-state index in [1.165, 1.54) is 0 Å². The van der Waals surface area contributed by atoms with Gasteiger partial charge in [0.05, 0.1) is 0 Å². The molecular formula is C20H48O8Si4. The van der Waals surface area contributed by atoms with Crippen molar-refractivity contribution in [3.05, 3.63) is 0 Å². The highest BCUT2D eigenvalue weighted by molar-refractivity contribution is 6.90. The van der Waals surface area contributed by atoms with Crippen molar-refractivity contribution in [3.63, 3.8) is 0 Å². The summed E-state index contributed by atoms with van der Waals surface area (Å²) in [6.07, 6.45) is 3.28. The highest BCUT2D eigenvalue weighted by Gasteiger charge is 2.71. The summed E-state index contributed by atoms with van der Waals surface area (Å²) in [4.78, 5) is 0. The Morgan fingerprint density at radius 3 is 0.688 bits per heavy atom. The maximum atomic E-state index is 6.99. The Bertz CT molecular complexity index is 466. The molecule has 192 valence electrons. The van der Waals surface area contributed by atoms with Gasteiger partial charge in [0.2, 0.25) is 0 Å². The molecule has 0 bridgehead atoms. The van der Waals surface area contributed by atoms with Crippen LogP contribution >= 0.6 is 0 Å². The molecule has 1 saturated heterocycles. The van der Waals surface area contributed by atoms with Crippen molar-refractivity contribution in [2.75, 3.05) is 28.4 Å². The lowest BCUT2D eigenvalue weighted by atomic mass is 10.4. The quantitative estimate of drug-likeness (QED) is 0.303. The Morgan fingerprint density at radius 1 is 0.438 bits per heavy atom. The Balaban J connectivity index is 3.92. The predicted molar refractivity (Wildman–Crippen MR) is 134 cm³/mol. The third-order valence-electron chi connectivity index (χ3n) is 7.14. The van der Waals surface area contributed by atoms with E-state index in [2.05, 4.69) is 55.4 Å². The lowest BCUT2D eigenvalue weighted by molar-refractivity contribution is 0.0214. The van der Waals surface area contributed by atoms with Crippen LogP contribution in [0.4, 0.5) is 0 Å². The van der Waals surface area contributed by atoms with Crippen molar-refractivity contribution in [2.45, 2.75) is 103 Å². The Hall–Kier alpha value is 0.548. The third kappa shape index (κ3) is 5.68. The molecular weight excluding hydrogens is 481 g/mol. The molecule has 32 heavy (non-hydrogen) atoms. The zero-order valence-electron chi connectivity index (χ0n) is 22.4. The zero-order chi connectivity index (χ0) is 24.8. The molecule has 0 aliphatic carbocycles. The average Bonchev–Trinajstić information content (AvgIpc) is 2.82. The topological polar surface area (TPSA) is 73.8 Å². The van der Waals surface area contributed by atoms with E-state index >= 15 is 0 Å². The van der Waals surface area contributed by atoms with Crippen molar-refractivity contribution in [3.8, 4) is 0 Å². The van der Waals surface area contributed by atoms with Crippen molar-refractivity contribution >= 4 is 35.2 Å². The van der Waals surface area contributed by atoms with E-state index in [0.29, 0.717) is 0 Å². The third-order valence-corrected chi connectivity index (χ3v) is 25.0. The molecule has 1 fully saturated rings. The molecule has 4 atom stereocenters. The van der Waals surface area contributed by atoms with Gasteiger partial charge in [-0.2, -0.15) is 0 Å². The Morgan fingerprint density at radius 2 is 0.594 bits per heavy atom. The summed E-state index contributed by atoms with van der Waals surface area (Å²) in [5.74, 6) is 0. The van der Waals surface area contributed by atoms with Crippen LogP contribution < -0.4 is 0 Å². The Labute approximate surface area is 201 Å². The van der Waals surface area contributed by atoms with Gasteiger partial charge in [0.1, 0.15) is 0 Å². The molecule has 0 spiro atoms. The molecule has 1 aliphatic heterocycles. The fraction of sp³-hybridized carbons (Fsp3) is 1.00. The largest absolute Gasteiger partial charge is 0.488 e. The first-order valence-electron chi connectivity index (χ1n) is 12.0. The van der Waals surface area contributed by atoms with Crippen LogP contribution in [0.1, 0.15) is 81.1 Å². The molecule has 0 aromatic rings. The molecule has 4 unspecified atom stereocenters. The lowest BCUT2D eigenvalue weighted by Crippen LogP contribution is -2.75. The monoisotopic (exact) mass is 528 g/mol. The molecule has 8 nitrogen and oxygen atoms in total. The van der Waals surface area contributed by atoms with Crippen LogP contribution in [0, 0.1) is 0 Å². The highest BCUT2D eigenvalue weighted by atomic mass is 28.6. The van der Waals surface area contributed by atoms with Gasteiger partial charge in [0.15, 0.2) is 0 Å². The highest BCUT2D eigenvalue weighted by Crippen LogP contribution is 2.48. The maximum absolute atomic E-state index is 6.99. The first-order valence-corrected chi connectivity index (χ1v) is 19.2. The number of hydrogen-bond acceptors (Lipinski definition) is 8. The molecule has 0 N–H and O–H groups in total. The van der Waals surface area contributed by atoms with Crippen LogP contribution in [0.3, 0.4) is 0 Å². The zero-order valence-corrected chi connectivity index (χ0v) is 26.4.